The number of fused-ring (bicyclic) bond motifs is 1. The summed E-state index contributed by atoms with van der Waals surface area (Å²) in [5.41, 5.74) is 1.55. The lowest BCUT2D eigenvalue weighted by molar-refractivity contribution is 0.0690. The molecule has 0 aliphatic carbocycles. The van der Waals surface area contributed by atoms with Gasteiger partial charge in [0, 0.05) is 13.1 Å². The molecular weight excluding hydrogens is 298 g/mol. The Balaban J connectivity index is 1.57. The molecule has 1 saturated heterocycles. The number of carbonyl (C=O) groups is 1. The number of para-hydroxylation sites is 2. The van der Waals surface area contributed by atoms with Crippen molar-refractivity contribution in [1.29, 1.82) is 0 Å². The molecule has 4 rings (SSSR count). The summed E-state index contributed by atoms with van der Waals surface area (Å²) in [4.78, 5) is 21.4. The van der Waals surface area contributed by atoms with Crippen molar-refractivity contribution in [2.75, 3.05) is 18.0 Å². The van der Waals surface area contributed by atoms with Gasteiger partial charge in [-0.15, -0.1) is 0 Å². The van der Waals surface area contributed by atoms with E-state index in [9.17, 15) is 4.79 Å². The van der Waals surface area contributed by atoms with E-state index in [1.165, 1.54) is 6.26 Å². The van der Waals surface area contributed by atoms with Gasteiger partial charge in [-0.3, -0.25) is 0 Å². The number of oxazole rings is 2. The Kier molecular flexibility index (Phi) is 3.25. The molecule has 3 aromatic rings. The Morgan fingerprint density at radius 2 is 2.17 bits per heavy atom. The first-order chi connectivity index (χ1) is 11.2. The van der Waals surface area contributed by atoms with Crippen molar-refractivity contribution in [1.82, 2.24) is 9.97 Å². The highest BCUT2D eigenvalue weighted by Gasteiger charge is 2.28. The molecule has 0 bridgehead atoms. The molecule has 7 nitrogen and oxygen atoms in total. The first-order valence-corrected chi connectivity index (χ1v) is 7.50. The minimum absolute atomic E-state index is 0.0796. The fourth-order valence-corrected chi connectivity index (χ4v) is 2.92. The van der Waals surface area contributed by atoms with Crippen LogP contribution in [0.4, 0.5) is 6.01 Å². The highest BCUT2D eigenvalue weighted by molar-refractivity contribution is 5.85. The molecule has 0 spiro atoms. The zero-order valence-electron chi connectivity index (χ0n) is 12.3. The van der Waals surface area contributed by atoms with Crippen LogP contribution in [0, 0.1) is 0 Å². The highest BCUT2D eigenvalue weighted by Crippen LogP contribution is 2.31. The van der Waals surface area contributed by atoms with E-state index in [0.29, 0.717) is 18.5 Å². The van der Waals surface area contributed by atoms with E-state index >= 15 is 0 Å². The summed E-state index contributed by atoms with van der Waals surface area (Å²) < 4.78 is 11.1. The number of anilines is 1. The number of hydrogen-bond acceptors (Lipinski definition) is 6. The summed E-state index contributed by atoms with van der Waals surface area (Å²) in [7, 11) is 0. The first-order valence-electron chi connectivity index (χ1n) is 7.50. The maximum atomic E-state index is 10.9. The van der Waals surface area contributed by atoms with E-state index in [0.717, 1.165) is 30.5 Å². The van der Waals surface area contributed by atoms with E-state index in [2.05, 4.69) is 9.97 Å². The summed E-state index contributed by atoms with van der Waals surface area (Å²) in [6.45, 7) is 1.42. The predicted octanol–water partition coefficient (Wildman–Crippen LogP) is 2.90. The fourth-order valence-electron chi connectivity index (χ4n) is 2.92. The molecule has 3 heterocycles. The normalized spacial score (nSPS) is 18.4. The van der Waals surface area contributed by atoms with Gasteiger partial charge in [-0.25, -0.2) is 9.78 Å². The van der Waals surface area contributed by atoms with Crippen molar-refractivity contribution >= 4 is 23.1 Å². The molecule has 1 N–H and O–H groups in total. The summed E-state index contributed by atoms with van der Waals surface area (Å²) >= 11 is 0. The third-order valence-corrected chi connectivity index (χ3v) is 4.06. The van der Waals surface area contributed by atoms with E-state index < -0.39 is 5.97 Å². The molecule has 7 heteroatoms. The minimum Gasteiger partial charge on any atom is -0.476 e. The van der Waals surface area contributed by atoms with Crippen molar-refractivity contribution in [3.8, 4) is 0 Å². The maximum absolute atomic E-state index is 10.9. The highest BCUT2D eigenvalue weighted by atomic mass is 16.4. The monoisotopic (exact) mass is 313 g/mol. The standard InChI is InChI=1S/C16H15N3O4/c20-15(21)12-9-22-16(18-12)19-7-3-4-10(8-19)14-17-11-5-1-2-6-13(11)23-14/h1-2,5-6,9-10H,3-4,7-8H2,(H,20,21). The van der Waals surface area contributed by atoms with Crippen LogP contribution in [0.1, 0.15) is 35.1 Å². The van der Waals surface area contributed by atoms with Gasteiger partial charge in [-0.2, -0.15) is 4.98 Å². The summed E-state index contributed by atoms with van der Waals surface area (Å²) in [6, 6.07) is 8.02. The fraction of sp³-hybridized carbons (Fsp3) is 0.312. The number of aromatic carboxylic acids is 1. The lowest BCUT2D eigenvalue weighted by Gasteiger charge is -2.29. The number of hydrogen-bond donors (Lipinski definition) is 1. The van der Waals surface area contributed by atoms with E-state index in [-0.39, 0.29) is 11.6 Å². The van der Waals surface area contributed by atoms with Crippen LogP contribution in [0.3, 0.4) is 0 Å². The summed E-state index contributed by atoms with van der Waals surface area (Å²) in [5, 5.41) is 8.94. The van der Waals surface area contributed by atoms with Crippen molar-refractivity contribution in [2.24, 2.45) is 0 Å². The Morgan fingerprint density at radius 3 is 2.96 bits per heavy atom. The molecule has 118 valence electrons. The number of carboxylic acids is 1. The van der Waals surface area contributed by atoms with Gasteiger partial charge in [0.25, 0.3) is 6.01 Å². The molecule has 1 aliphatic rings. The summed E-state index contributed by atoms with van der Waals surface area (Å²) in [5.74, 6) is -0.246. The molecule has 2 aromatic heterocycles. The Morgan fingerprint density at radius 1 is 1.30 bits per heavy atom. The molecular formula is C16H15N3O4. The van der Waals surface area contributed by atoms with Crippen LogP contribution in [0.15, 0.2) is 39.4 Å². The van der Waals surface area contributed by atoms with Gasteiger partial charge >= 0.3 is 5.97 Å². The third-order valence-electron chi connectivity index (χ3n) is 4.06. The van der Waals surface area contributed by atoms with Gasteiger partial charge < -0.3 is 18.8 Å². The lowest BCUT2D eigenvalue weighted by atomic mass is 9.98. The SMILES string of the molecule is O=C(O)c1coc(N2CCCC(c3nc4ccccc4o3)C2)n1. The number of carboxylic acid groups (broad SMARTS) is 1. The first kappa shape index (κ1) is 13.8. The van der Waals surface area contributed by atoms with Crippen LogP contribution < -0.4 is 4.90 Å². The Hall–Kier alpha value is -2.83. The smallest absolute Gasteiger partial charge is 0.357 e. The largest absolute Gasteiger partial charge is 0.476 e. The van der Waals surface area contributed by atoms with Crippen LogP contribution in [0.5, 0.6) is 0 Å². The molecule has 1 fully saturated rings. The molecule has 23 heavy (non-hydrogen) atoms. The molecule has 1 unspecified atom stereocenters. The number of benzene rings is 1. The Bertz CT molecular complexity index is 821. The number of nitrogens with zero attached hydrogens (tertiary/aromatic N) is 3. The van der Waals surface area contributed by atoms with Gasteiger partial charge in [0.1, 0.15) is 11.8 Å². The maximum Gasteiger partial charge on any atom is 0.357 e. The van der Waals surface area contributed by atoms with Gasteiger partial charge in [-0.05, 0) is 25.0 Å². The van der Waals surface area contributed by atoms with Crippen LogP contribution in [0.2, 0.25) is 0 Å². The second kappa shape index (κ2) is 5.42. The number of aromatic nitrogens is 2. The molecule has 1 aliphatic heterocycles. The Labute approximate surface area is 131 Å². The predicted molar refractivity (Wildman–Crippen MR) is 81.7 cm³/mol. The van der Waals surface area contributed by atoms with Crippen LogP contribution >= 0.6 is 0 Å². The quantitative estimate of drug-likeness (QED) is 0.794. The van der Waals surface area contributed by atoms with E-state index in [1.807, 2.05) is 29.2 Å². The van der Waals surface area contributed by atoms with Crippen LogP contribution in [-0.2, 0) is 0 Å². The van der Waals surface area contributed by atoms with Gasteiger partial charge in [0.05, 0.1) is 5.92 Å². The molecule has 1 atom stereocenters. The molecule has 0 radical (unpaired) electrons. The topological polar surface area (TPSA) is 92.6 Å². The zero-order valence-corrected chi connectivity index (χ0v) is 12.3. The van der Waals surface area contributed by atoms with Crippen molar-refractivity contribution in [3.63, 3.8) is 0 Å². The van der Waals surface area contributed by atoms with E-state index in [1.54, 1.807) is 0 Å². The van der Waals surface area contributed by atoms with Crippen molar-refractivity contribution in [2.45, 2.75) is 18.8 Å². The number of piperidine rings is 1. The third kappa shape index (κ3) is 2.54. The van der Waals surface area contributed by atoms with Crippen LogP contribution in [0.25, 0.3) is 11.1 Å². The average molecular weight is 313 g/mol. The van der Waals surface area contributed by atoms with Gasteiger partial charge in [0.15, 0.2) is 17.2 Å². The number of rotatable bonds is 3. The average Bonchev–Trinajstić information content (AvgIpc) is 3.22. The van der Waals surface area contributed by atoms with Gasteiger partial charge in [-0.1, -0.05) is 12.1 Å². The molecule has 0 saturated carbocycles. The van der Waals surface area contributed by atoms with Gasteiger partial charge in [0.2, 0.25) is 0 Å². The zero-order chi connectivity index (χ0) is 15.8. The van der Waals surface area contributed by atoms with Crippen LogP contribution in [-0.4, -0.2) is 34.1 Å². The van der Waals surface area contributed by atoms with Crippen molar-refractivity contribution < 1.29 is 18.7 Å². The van der Waals surface area contributed by atoms with Crippen molar-refractivity contribution in [3.05, 3.63) is 42.1 Å². The minimum atomic E-state index is -1.09. The van der Waals surface area contributed by atoms with E-state index in [4.69, 9.17) is 13.9 Å². The second-order valence-electron chi connectivity index (χ2n) is 5.63. The second-order valence-corrected chi connectivity index (χ2v) is 5.63. The molecule has 1 aromatic carbocycles. The summed E-state index contributed by atoms with van der Waals surface area (Å²) in [6.07, 6.45) is 3.07. The molecule has 0 amide bonds. The lowest BCUT2D eigenvalue weighted by Crippen LogP contribution is -2.34.